The van der Waals surface area contributed by atoms with E-state index in [0.717, 1.165) is 6.42 Å². The molecule has 21 heavy (non-hydrogen) atoms. The lowest BCUT2D eigenvalue weighted by molar-refractivity contribution is -0.121. The largest absolute Gasteiger partial charge is 0.379 e. The maximum atomic E-state index is 11.4. The van der Waals surface area contributed by atoms with E-state index in [-0.39, 0.29) is 11.7 Å². The van der Waals surface area contributed by atoms with Gasteiger partial charge in [-0.3, -0.25) is 9.59 Å². The molecule has 0 spiro atoms. The van der Waals surface area contributed by atoms with E-state index in [9.17, 15) is 9.59 Å². The van der Waals surface area contributed by atoms with Crippen molar-refractivity contribution in [3.63, 3.8) is 0 Å². The molecule has 0 aromatic heterocycles. The van der Waals surface area contributed by atoms with Gasteiger partial charge in [-0.2, -0.15) is 12.6 Å². The van der Waals surface area contributed by atoms with Crippen molar-refractivity contribution in [1.29, 1.82) is 0 Å². The molecule has 1 amide bonds. The van der Waals surface area contributed by atoms with E-state index < -0.39 is 6.04 Å². The Morgan fingerprint density at radius 2 is 1.81 bits per heavy atom. The third kappa shape index (κ3) is 12.8. The highest BCUT2D eigenvalue weighted by Crippen LogP contribution is 1.97. The molecule has 7 heteroatoms. The Morgan fingerprint density at radius 3 is 2.43 bits per heavy atom. The fraction of sp³-hybridized carbons (Fsp3) is 0.857. The van der Waals surface area contributed by atoms with E-state index in [1.807, 2.05) is 6.92 Å². The number of hydrogen-bond acceptors (Lipinski definition) is 6. The van der Waals surface area contributed by atoms with Crippen LogP contribution in [0, 0.1) is 0 Å². The zero-order chi connectivity index (χ0) is 15.9. The number of nitrogens with two attached hydrogens (primary N) is 1. The van der Waals surface area contributed by atoms with Crippen LogP contribution in [0.15, 0.2) is 0 Å². The molecule has 0 aliphatic carbocycles. The minimum absolute atomic E-state index is 0.0210. The van der Waals surface area contributed by atoms with Gasteiger partial charge in [-0.25, -0.2) is 0 Å². The lowest BCUT2D eigenvalue weighted by Crippen LogP contribution is -2.32. The summed E-state index contributed by atoms with van der Waals surface area (Å²) in [7, 11) is 0. The smallest absolute Gasteiger partial charge is 0.220 e. The molecule has 1 atom stereocenters. The molecule has 0 aliphatic rings. The van der Waals surface area contributed by atoms with Crippen LogP contribution in [0.1, 0.15) is 32.6 Å². The molecular formula is C14H28N2O4S. The second-order valence-corrected chi connectivity index (χ2v) is 5.05. The van der Waals surface area contributed by atoms with E-state index in [1.165, 1.54) is 0 Å². The molecule has 0 saturated carbocycles. The Bertz CT molecular complexity index is 290. The number of amides is 1. The van der Waals surface area contributed by atoms with Crippen LogP contribution in [0.2, 0.25) is 0 Å². The summed E-state index contributed by atoms with van der Waals surface area (Å²) in [5, 5.41) is 2.76. The Hall–Kier alpha value is -0.630. The van der Waals surface area contributed by atoms with Gasteiger partial charge >= 0.3 is 0 Å². The Labute approximate surface area is 132 Å². The monoisotopic (exact) mass is 320 g/mol. The fourth-order valence-electron chi connectivity index (χ4n) is 1.54. The molecule has 0 rings (SSSR count). The molecule has 0 saturated heterocycles. The van der Waals surface area contributed by atoms with Crippen molar-refractivity contribution >= 4 is 24.3 Å². The molecule has 3 N–H and O–H groups in total. The second kappa shape index (κ2) is 14.3. The van der Waals surface area contributed by atoms with Gasteiger partial charge in [0.1, 0.15) is 5.78 Å². The first-order chi connectivity index (χ1) is 10.1. The van der Waals surface area contributed by atoms with Crippen molar-refractivity contribution in [2.24, 2.45) is 5.73 Å². The van der Waals surface area contributed by atoms with Crippen LogP contribution in [0.3, 0.4) is 0 Å². The van der Waals surface area contributed by atoms with Gasteiger partial charge in [0.25, 0.3) is 0 Å². The van der Waals surface area contributed by atoms with Crippen molar-refractivity contribution in [1.82, 2.24) is 5.32 Å². The summed E-state index contributed by atoms with van der Waals surface area (Å²) in [5.74, 6) is 0.455. The third-order valence-electron chi connectivity index (χ3n) is 2.74. The van der Waals surface area contributed by atoms with E-state index in [1.54, 1.807) is 0 Å². The van der Waals surface area contributed by atoms with Crippen LogP contribution >= 0.6 is 12.6 Å². The Morgan fingerprint density at radius 1 is 1.14 bits per heavy atom. The SMILES string of the molecule is CCCC(=O)NCCOCCOCCCC(=O)[C@@H](N)CS. The zero-order valence-electron chi connectivity index (χ0n) is 12.8. The first-order valence-corrected chi connectivity index (χ1v) is 8.06. The molecule has 124 valence electrons. The van der Waals surface area contributed by atoms with Gasteiger partial charge in [0.15, 0.2) is 0 Å². The van der Waals surface area contributed by atoms with Crippen LogP contribution < -0.4 is 11.1 Å². The van der Waals surface area contributed by atoms with Crippen molar-refractivity contribution in [3.8, 4) is 0 Å². The fourth-order valence-corrected chi connectivity index (χ4v) is 1.74. The molecule has 0 radical (unpaired) electrons. The molecule has 0 unspecified atom stereocenters. The van der Waals surface area contributed by atoms with Crippen molar-refractivity contribution in [3.05, 3.63) is 0 Å². The van der Waals surface area contributed by atoms with Crippen molar-refractivity contribution < 1.29 is 19.1 Å². The van der Waals surface area contributed by atoms with Gasteiger partial charge < -0.3 is 20.5 Å². The summed E-state index contributed by atoms with van der Waals surface area (Å²) in [4.78, 5) is 22.5. The number of ether oxygens (including phenoxy) is 2. The summed E-state index contributed by atoms with van der Waals surface area (Å²) in [6, 6.07) is -0.473. The Balaban J connectivity index is 3.23. The number of carbonyl (C=O) groups is 2. The number of thiol groups is 1. The molecule has 0 aromatic carbocycles. The van der Waals surface area contributed by atoms with Gasteiger partial charge in [-0.05, 0) is 12.8 Å². The highest BCUT2D eigenvalue weighted by Gasteiger charge is 2.10. The maximum absolute atomic E-state index is 11.4. The first kappa shape index (κ1) is 20.4. The topological polar surface area (TPSA) is 90.6 Å². The van der Waals surface area contributed by atoms with Crippen LogP contribution in [-0.4, -0.2) is 56.5 Å². The molecule has 6 nitrogen and oxygen atoms in total. The third-order valence-corrected chi connectivity index (χ3v) is 3.13. The van der Waals surface area contributed by atoms with Gasteiger partial charge in [-0.15, -0.1) is 0 Å². The summed E-state index contributed by atoms with van der Waals surface area (Å²) in [6.45, 7) is 4.45. The lowest BCUT2D eigenvalue weighted by atomic mass is 10.1. The average molecular weight is 320 g/mol. The summed E-state index contributed by atoms with van der Waals surface area (Å²) >= 11 is 3.98. The standard InChI is InChI=1S/C14H28N2O4S/c1-2-4-14(18)16-6-8-20-10-9-19-7-3-5-13(17)12(15)11-21/h12,21H,2-11,15H2,1H3,(H,16,18)/t12-/m0/s1. The van der Waals surface area contributed by atoms with E-state index in [2.05, 4.69) is 17.9 Å². The minimum atomic E-state index is -0.473. The highest BCUT2D eigenvalue weighted by molar-refractivity contribution is 7.80. The van der Waals surface area contributed by atoms with Crippen molar-refractivity contribution in [2.75, 3.05) is 38.7 Å². The number of Topliss-reactive ketones (excluding diaryl/α,β-unsaturated/α-hetero) is 1. The molecule has 0 aromatic rings. The summed E-state index contributed by atoms with van der Waals surface area (Å²) in [6.07, 6.45) is 2.49. The van der Waals surface area contributed by atoms with Crippen LogP contribution in [0.25, 0.3) is 0 Å². The van der Waals surface area contributed by atoms with Crippen molar-refractivity contribution in [2.45, 2.75) is 38.6 Å². The Kier molecular flexibility index (Phi) is 13.9. The van der Waals surface area contributed by atoms with E-state index >= 15 is 0 Å². The van der Waals surface area contributed by atoms with Gasteiger partial charge in [0.2, 0.25) is 5.91 Å². The molecule has 0 aliphatic heterocycles. The molecular weight excluding hydrogens is 292 g/mol. The molecule has 0 bridgehead atoms. The number of nitrogens with one attached hydrogen (secondary N) is 1. The number of carbonyl (C=O) groups excluding carboxylic acids is 2. The number of rotatable bonds is 14. The highest BCUT2D eigenvalue weighted by atomic mass is 32.1. The average Bonchev–Trinajstić information content (AvgIpc) is 2.48. The maximum Gasteiger partial charge on any atom is 0.220 e. The molecule has 0 heterocycles. The van der Waals surface area contributed by atoms with E-state index in [4.69, 9.17) is 15.2 Å². The number of hydrogen-bond donors (Lipinski definition) is 3. The predicted octanol–water partition coefficient (Wildman–Crippen LogP) is 0.542. The predicted molar refractivity (Wildman–Crippen MR) is 85.6 cm³/mol. The van der Waals surface area contributed by atoms with Crippen LogP contribution in [0.4, 0.5) is 0 Å². The molecule has 0 fully saturated rings. The lowest BCUT2D eigenvalue weighted by Gasteiger charge is -2.08. The number of ketones is 1. The van der Waals surface area contributed by atoms with Crippen LogP contribution in [-0.2, 0) is 19.1 Å². The zero-order valence-corrected chi connectivity index (χ0v) is 13.7. The van der Waals surface area contributed by atoms with Crippen LogP contribution in [0.5, 0.6) is 0 Å². The van der Waals surface area contributed by atoms with Gasteiger partial charge in [-0.1, -0.05) is 6.92 Å². The van der Waals surface area contributed by atoms with Gasteiger partial charge in [0, 0.05) is 31.7 Å². The van der Waals surface area contributed by atoms with E-state index in [0.29, 0.717) is 58.0 Å². The second-order valence-electron chi connectivity index (χ2n) is 4.68. The normalized spacial score (nSPS) is 12.1. The van der Waals surface area contributed by atoms with Gasteiger partial charge in [0.05, 0.1) is 25.9 Å². The quantitative estimate of drug-likeness (QED) is 0.321. The minimum Gasteiger partial charge on any atom is -0.379 e. The summed E-state index contributed by atoms with van der Waals surface area (Å²) in [5.41, 5.74) is 5.55. The summed E-state index contributed by atoms with van der Waals surface area (Å²) < 4.78 is 10.6. The first-order valence-electron chi connectivity index (χ1n) is 7.43.